The Kier molecular flexibility index (Phi) is 3.13. The first-order valence-electron chi connectivity index (χ1n) is 4.48. The van der Waals surface area contributed by atoms with Crippen LogP contribution in [-0.4, -0.2) is 0 Å². The zero-order chi connectivity index (χ0) is 11.7. The number of hydrogen-bond acceptors (Lipinski definition) is 0. The summed E-state index contributed by atoms with van der Waals surface area (Å²) in [6, 6.07) is 8.59. The Morgan fingerprint density at radius 2 is 1.44 bits per heavy atom. The predicted octanol–water partition coefficient (Wildman–Crippen LogP) is 4.94. The third kappa shape index (κ3) is 2.18. The molecule has 0 heterocycles. The molecule has 2 aromatic carbocycles. The lowest BCUT2D eigenvalue weighted by atomic mass is 10.1. The molecular weight excluding hydrogens is 253 g/mol. The van der Waals surface area contributed by atoms with E-state index in [1.807, 2.05) is 0 Å². The van der Waals surface area contributed by atoms with Crippen molar-refractivity contribution in [2.24, 2.45) is 0 Å². The summed E-state index contributed by atoms with van der Waals surface area (Å²) in [6.45, 7) is 0. The Hall–Kier alpha value is -1.12. The molecule has 0 aliphatic heterocycles. The molecule has 0 aliphatic rings. The van der Waals surface area contributed by atoms with Crippen molar-refractivity contribution in [2.45, 2.75) is 0 Å². The summed E-state index contributed by atoms with van der Waals surface area (Å²) in [7, 11) is 0. The van der Waals surface area contributed by atoms with Gasteiger partial charge in [-0.1, -0.05) is 35.3 Å². The van der Waals surface area contributed by atoms with Gasteiger partial charge in [0.2, 0.25) is 0 Å². The van der Waals surface area contributed by atoms with E-state index in [9.17, 15) is 8.78 Å². The molecule has 0 bridgehead atoms. The van der Waals surface area contributed by atoms with Gasteiger partial charge in [-0.15, -0.1) is 0 Å². The fraction of sp³-hybridized carbons (Fsp3) is 0. The van der Waals surface area contributed by atoms with E-state index in [-0.39, 0.29) is 10.6 Å². The highest BCUT2D eigenvalue weighted by Crippen LogP contribution is 2.28. The van der Waals surface area contributed by atoms with Crippen molar-refractivity contribution in [3.8, 4) is 11.1 Å². The van der Waals surface area contributed by atoms with Crippen molar-refractivity contribution < 1.29 is 8.78 Å². The van der Waals surface area contributed by atoms with Gasteiger partial charge in [0.1, 0.15) is 11.6 Å². The molecule has 0 spiro atoms. The number of rotatable bonds is 1. The maximum atomic E-state index is 13.5. The summed E-state index contributed by atoms with van der Waals surface area (Å²) in [4.78, 5) is 0. The average Bonchev–Trinajstić information content (AvgIpc) is 2.25. The maximum absolute atomic E-state index is 13.5. The van der Waals surface area contributed by atoms with Crippen LogP contribution in [0.2, 0.25) is 10.0 Å². The van der Waals surface area contributed by atoms with Crippen LogP contribution in [0.4, 0.5) is 8.78 Å². The van der Waals surface area contributed by atoms with Crippen molar-refractivity contribution in [3.63, 3.8) is 0 Å². The third-order valence-electron chi connectivity index (χ3n) is 2.17. The predicted molar refractivity (Wildman–Crippen MR) is 61.8 cm³/mol. The standard InChI is InChI=1S/C12H6Cl2F2/c13-8-3-1-7(2-4-8)9-5-10(14)12(16)6-11(9)15/h1-6H. The zero-order valence-corrected chi connectivity index (χ0v) is 9.49. The highest BCUT2D eigenvalue weighted by molar-refractivity contribution is 6.31. The molecule has 0 atom stereocenters. The van der Waals surface area contributed by atoms with Crippen molar-refractivity contribution in [2.75, 3.05) is 0 Å². The molecular formula is C12H6Cl2F2. The van der Waals surface area contributed by atoms with Gasteiger partial charge in [-0.3, -0.25) is 0 Å². The Labute approximate surface area is 101 Å². The topological polar surface area (TPSA) is 0 Å². The monoisotopic (exact) mass is 258 g/mol. The third-order valence-corrected chi connectivity index (χ3v) is 2.71. The van der Waals surface area contributed by atoms with Crippen LogP contribution in [0.5, 0.6) is 0 Å². The van der Waals surface area contributed by atoms with E-state index in [1.54, 1.807) is 24.3 Å². The molecule has 0 saturated carbocycles. The Balaban J connectivity index is 2.56. The highest BCUT2D eigenvalue weighted by atomic mass is 35.5. The van der Waals surface area contributed by atoms with Gasteiger partial charge < -0.3 is 0 Å². The second kappa shape index (κ2) is 4.40. The smallest absolute Gasteiger partial charge is 0.144 e. The van der Waals surface area contributed by atoms with E-state index in [0.717, 1.165) is 6.07 Å². The van der Waals surface area contributed by atoms with E-state index < -0.39 is 11.6 Å². The van der Waals surface area contributed by atoms with Crippen LogP contribution in [0.25, 0.3) is 11.1 Å². The molecule has 0 N–H and O–H groups in total. The van der Waals surface area contributed by atoms with Gasteiger partial charge in [-0.25, -0.2) is 8.78 Å². The first-order valence-corrected chi connectivity index (χ1v) is 5.24. The van der Waals surface area contributed by atoms with Crippen LogP contribution in [0.15, 0.2) is 36.4 Å². The second-order valence-corrected chi connectivity index (χ2v) is 4.10. The number of halogens is 4. The summed E-state index contributed by atoms with van der Waals surface area (Å²) in [6.07, 6.45) is 0. The number of benzene rings is 2. The largest absolute Gasteiger partial charge is 0.206 e. The average molecular weight is 259 g/mol. The van der Waals surface area contributed by atoms with Gasteiger partial charge in [-0.05, 0) is 23.8 Å². The summed E-state index contributed by atoms with van der Waals surface area (Å²) in [5, 5.41) is 0.448. The summed E-state index contributed by atoms with van der Waals surface area (Å²) >= 11 is 11.3. The van der Waals surface area contributed by atoms with Crippen LogP contribution < -0.4 is 0 Å². The van der Waals surface area contributed by atoms with Crippen LogP contribution in [0, 0.1) is 11.6 Å². The van der Waals surface area contributed by atoms with Gasteiger partial charge >= 0.3 is 0 Å². The quantitative estimate of drug-likeness (QED) is 0.636. The SMILES string of the molecule is Fc1cc(F)c(-c2ccc(Cl)cc2)cc1Cl. The molecule has 0 saturated heterocycles. The van der Waals surface area contributed by atoms with Crippen LogP contribution >= 0.6 is 23.2 Å². The lowest BCUT2D eigenvalue weighted by molar-refractivity contribution is 0.586. The van der Waals surface area contributed by atoms with Crippen molar-refractivity contribution >= 4 is 23.2 Å². The molecule has 0 amide bonds. The lowest BCUT2D eigenvalue weighted by Gasteiger charge is -2.05. The van der Waals surface area contributed by atoms with Crippen LogP contribution in [0.1, 0.15) is 0 Å². The Morgan fingerprint density at radius 1 is 0.812 bits per heavy atom. The Morgan fingerprint density at radius 3 is 2.06 bits per heavy atom. The minimum atomic E-state index is -0.767. The minimum Gasteiger partial charge on any atom is -0.206 e. The fourth-order valence-corrected chi connectivity index (χ4v) is 1.66. The van der Waals surface area contributed by atoms with Gasteiger partial charge in [0.25, 0.3) is 0 Å². The lowest BCUT2D eigenvalue weighted by Crippen LogP contribution is -1.87. The van der Waals surface area contributed by atoms with Crippen molar-refractivity contribution in [1.82, 2.24) is 0 Å². The van der Waals surface area contributed by atoms with Crippen molar-refractivity contribution in [1.29, 1.82) is 0 Å². The Bertz CT molecular complexity index is 521. The molecule has 0 fully saturated rings. The van der Waals surface area contributed by atoms with E-state index in [4.69, 9.17) is 23.2 Å². The first-order chi connectivity index (χ1) is 7.58. The van der Waals surface area contributed by atoms with E-state index in [0.29, 0.717) is 10.6 Å². The molecule has 82 valence electrons. The van der Waals surface area contributed by atoms with Gasteiger partial charge in [0.15, 0.2) is 0 Å². The van der Waals surface area contributed by atoms with Gasteiger partial charge in [-0.2, -0.15) is 0 Å². The van der Waals surface area contributed by atoms with Gasteiger partial charge in [0, 0.05) is 16.7 Å². The molecule has 0 aliphatic carbocycles. The summed E-state index contributed by atoms with van der Waals surface area (Å²) < 4.78 is 26.4. The molecule has 2 rings (SSSR count). The molecule has 2 aromatic rings. The molecule has 0 unspecified atom stereocenters. The summed E-state index contributed by atoms with van der Waals surface area (Å²) in [5.41, 5.74) is 0.854. The molecule has 16 heavy (non-hydrogen) atoms. The van der Waals surface area contributed by atoms with E-state index in [2.05, 4.69) is 0 Å². The van der Waals surface area contributed by atoms with Crippen molar-refractivity contribution in [3.05, 3.63) is 58.1 Å². The minimum absolute atomic E-state index is 0.105. The van der Waals surface area contributed by atoms with Crippen LogP contribution in [-0.2, 0) is 0 Å². The highest BCUT2D eigenvalue weighted by Gasteiger charge is 2.10. The summed E-state index contributed by atoms with van der Waals surface area (Å²) in [5.74, 6) is -1.42. The van der Waals surface area contributed by atoms with E-state index >= 15 is 0 Å². The second-order valence-electron chi connectivity index (χ2n) is 3.25. The zero-order valence-electron chi connectivity index (χ0n) is 7.98. The normalized spacial score (nSPS) is 10.5. The molecule has 0 nitrogen and oxygen atoms in total. The fourth-order valence-electron chi connectivity index (χ4n) is 1.37. The maximum Gasteiger partial charge on any atom is 0.144 e. The number of hydrogen-bond donors (Lipinski definition) is 0. The van der Waals surface area contributed by atoms with Gasteiger partial charge in [0.05, 0.1) is 5.02 Å². The van der Waals surface area contributed by atoms with E-state index in [1.165, 1.54) is 6.07 Å². The first kappa shape index (κ1) is 11.4. The molecule has 4 heteroatoms. The molecule has 0 aromatic heterocycles. The molecule has 0 radical (unpaired) electrons. The van der Waals surface area contributed by atoms with Crippen LogP contribution in [0.3, 0.4) is 0 Å².